The maximum Gasteiger partial charge on any atom is 0.226 e. The molecule has 0 fully saturated rings. The predicted molar refractivity (Wildman–Crippen MR) is 152 cm³/mol. The second-order valence-corrected chi connectivity index (χ2v) is 11.1. The number of aliphatic hydroxyl groups excluding tert-OH is 1. The van der Waals surface area contributed by atoms with Gasteiger partial charge in [0.1, 0.15) is 0 Å². The lowest BCUT2D eigenvalue weighted by molar-refractivity contribution is -0.134. The van der Waals surface area contributed by atoms with Gasteiger partial charge in [-0.15, -0.1) is 0 Å². The third-order valence-corrected chi connectivity index (χ3v) is 8.02. The molecule has 7 nitrogen and oxygen atoms in total. The van der Waals surface area contributed by atoms with Gasteiger partial charge in [-0.05, 0) is 66.4 Å². The number of nitrogens with one attached hydrogen (secondary N) is 2. The fourth-order valence-electron chi connectivity index (χ4n) is 3.50. The van der Waals surface area contributed by atoms with Crippen LogP contribution < -0.4 is 20.1 Å². The molecule has 0 spiro atoms. The predicted octanol–water partition coefficient (Wildman–Crippen LogP) is 4.82. The highest BCUT2D eigenvalue weighted by Gasteiger charge is 2.31. The molecule has 2 atom stereocenters. The van der Waals surface area contributed by atoms with Crippen LogP contribution in [-0.2, 0) is 9.59 Å². The Kier molecular flexibility index (Phi) is 18.5. The molecule has 1 rings (SSSR count). The van der Waals surface area contributed by atoms with Gasteiger partial charge in [-0.25, -0.2) is 0 Å². The molecule has 0 saturated carbocycles. The molecule has 2 unspecified atom stereocenters. The number of benzene rings is 1. The van der Waals surface area contributed by atoms with Gasteiger partial charge in [0.15, 0.2) is 11.5 Å². The van der Waals surface area contributed by atoms with E-state index >= 15 is 0 Å². The van der Waals surface area contributed by atoms with Gasteiger partial charge in [0.05, 0.1) is 26.2 Å². The number of carbonyl (C=O) groups excluding carboxylic acids is 2. The van der Waals surface area contributed by atoms with Crippen LogP contribution in [0.5, 0.6) is 11.5 Å². The first-order valence-electron chi connectivity index (χ1n) is 13.1. The molecule has 9 heteroatoms. The number of hydrogen-bond acceptors (Lipinski definition) is 7. The van der Waals surface area contributed by atoms with Crippen molar-refractivity contribution >= 4 is 35.3 Å². The number of aliphatic hydroxyl groups is 1. The summed E-state index contributed by atoms with van der Waals surface area (Å²) in [7, 11) is 3.06. The maximum atomic E-state index is 13.1. The van der Waals surface area contributed by atoms with Crippen molar-refractivity contribution < 1.29 is 24.2 Å². The van der Waals surface area contributed by atoms with Crippen LogP contribution in [0.15, 0.2) is 18.2 Å². The molecule has 0 aliphatic heterocycles. The molecule has 1 aromatic carbocycles. The summed E-state index contributed by atoms with van der Waals surface area (Å²) in [6.45, 7) is 5.43. The molecule has 0 aromatic heterocycles. The largest absolute Gasteiger partial charge is 0.493 e. The molecular formula is C27H46N2O5S2. The van der Waals surface area contributed by atoms with Crippen molar-refractivity contribution in [2.45, 2.75) is 64.9 Å². The molecular weight excluding hydrogens is 496 g/mol. The van der Waals surface area contributed by atoms with E-state index in [1.807, 2.05) is 23.5 Å². The monoisotopic (exact) mass is 542 g/mol. The van der Waals surface area contributed by atoms with Gasteiger partial charge in [0.25, 0.3) is 0 Å². The second-order valence-electron chi connectivity index (χ2n) is 8.65. The minimum absolute atomic E-state index is 0.0877. The number of carbonyl (C=O) groups is 2. The van der Waals surface area contributed by atoms with Crippen molar-refractivity contribution in [1.29, 1.82) is 0 Å². The average molecular weight is 543 g/mol. The number of thioether (sulfide) groups is 2. The zero-order valence-corrected chi connectivity index (χ0v) is 24.1. The topological polar surface area (TPSA) is 96.9 Å². The molecule has 3 N–H and O–H groups in total. The van der Waals surface area contributed by atoms with Gasteiger partial charge in [-0.1, -0.05) is 32.8 Å². The number of unbranched alkanes of at least 4 members (excludes halogenated alkanes) is 2. The quantitative estimate of drug-likeness (QED) is 0.192. The Hall–Kier alpha value is -1.58. The maximum absolute atomic E-state index is 13.1. The van der Waals surface area contributed by atoms with Crippen molar-refractivity contribution in [3.05, 3.63) is 23.8 Å². The standard InChI is InChI=1S/C27H46N2O5S2/c1-5-7-15-35-17-9-13-28-25(30)20-22(27(32)29-14-10-18-36-16-8-6-2)26(31)21-11-12-23(33-3)24(19-21)34-4/h11-12,19,22,26,31H,5-10,13-18,20H2,1-4H3,(H,28,30)(H,29,32). The zero-order chi connectivity index (χ0) is 26.6. The Morgan fingerprint density at radius 1 is 0.861 bits per heavy atom. The summed E-state index contributed by atoms with van der Waals surface area (Å²) in [5.41, 5.74) is 0.503. The normalized spacial score (nSPS) is 12.6. The van der Waals surface area contributed by atoms with Crippen LogP contribution in [0.4, 0.5) is 0 Å². The highest BCUT2D eigenvalue weighted by atomic mass is 32.2. The van der Waals surface area contributed by atoms with Gasteiger partial charge >= 0.3 is 0 Å². The minimum atomic E-state index is -1.15. The number of rotatable bonds is 21. The van der Waals surface area contributed by atoms with E-state index in [0.717, 1.165) is 35.9 Å². The minimum Gasteiger partial charge on any atom is -0.493 e. The Labute approximate surface area is 226 Å². The Bertz CT molecular complexity index is 751. The molecule has 0 bridgehead atoms. The lowest BCUT2D eigenvalue weighted by atomic mass is 9.91. The van der Waals surface area contributed by atoms with E-state index in [2.05, 4.69) is 24.5 Å². The first-order chi connectivity index (χ1) is 17.5. The van der Waals surface area contributed by atoms with Gasteiger partial charge in [-0.3, -0.25) is 9.59 Å². The molecule has 1 aromatic rings. The molecule has 0 aliphatic rings. The molecule has 2 amide bonds. The van der Waals surface area contributed by atoms with Crippen LogP contribution in [0.2, 0.25) is 0 Å². The first-order valence-corrected chi connectivity index (χ1v) is 15.4. The van der Waals surface area contributed by atoms with Gasteiger partial charge < -0.3 is 25.2 Å². The van der Waals surface area contributed by atoms with Gasteiger partial charge in [0, 0.05) is 19.5 Å². The van der Waals surface area contributed by atoms with E-state index in [4.69, 9.17) is 9.47 Å². The van der Waals surface area contributed by atoms with Crippen molar-refractivity contribution in [1.82, 2.24) is 10.6 Å². The molecule has 0 radical (unpaired) electrons. The summed E-state index contributed by atoms with van der Waals surface area (Å²) in [6, 6.07) is 5.04. The van der Waals surface area contributed by atoms with Crippen molar-refractivity contribution in [3.8, 4) is 11.5 Å². The highest BCUT2D eigenvalue weighted by Crippen LogP contribution is 2.33. The van der Waals surface area contributed by atoms with E-state index in [1.54, 1.807) is 18.2 Å². The van der Waals surface area contributed by atoms with Crippen LogP contribution in [-0.4, -0.2) is 67.2 Å². The molecule has 0 heterocycles. The third-order valence-electron chi connectivity index (χ3n) is 5.71. The van der Waals surface area contributed by atoms with Crippen LogP contribution in [0.3, 0.4) is 0 Å². The van der Waals surface area contributed by atoms with E-state index in [-0.39, 0.29) is 18.2 Å². The highest BCUT2D eigenvalue weighted by molar-refractivity contribution is 7.99. The van der Waals surface area contributed by atoms with E-state index in [1.165, 1.54) is 39.9 Å². The Morgan fingerprint density at radius 3 is 1.97 bits per heavy atom. The van der Waals surface area contributed by atoms with Crippen molar-refractivity contribution in [2.75, 3.05) is 50.3 Å². The summed E-state index contributed by atoms with van der Waals surface area (Å²) in [5.74, 6) is 3.77. The van der Waals surface area contributed by atoms with Gasteiger partial charge in [0.2, 0.25) is 11.8 Å². The van der Waals surface area contributed by atoms with E-state index in [9.17, 15) is 14.7 Å². The molecule has 36 heavy (non-hydrogen) atoms. The van der Waals surface area contributed by atoms with E-state index < -0.39 is 12.0 Å². The first kappa shape index (κ1) is 32.4. The lowest BCUT2D eigenvalue weighted by Gasteiger charge is -2.23. The summed E-state index contributed by atoms with van der Waals surface area (Å²) >= 11 is 3.78. The van der Waals surface area contributed by atoms with Crippen LogP contribution in [0, 0.1) is 5.92 Å². The zero-order valence-electron chi connectivity index (χ0n) is 22.5. The molecule has 206 valence electrons. The SMILES string of the molecule is CCCCSCCCNC(=O)CC(C(=O)NCCCSCCCC)C(O)c1ccc(OC)c(OC)c1. The lowest BCUT2D eigenvalue weighted by Crippen LogP contribution is -2.38. The van der Waals surface area contributed by atoms with Crippen LogP contribution in [0.1, 0.15) is 70.5 Å². The van der Waals surface area contributed by atoms with Crippen LogP contribution >= 0.6 is 23.5 Å². The summed E-state index contributed by atoms with van der Waals surface area (Å²) < 4.78 is 10.6. The van der Waals surface area contributed by atoms with Crippen LogP contribution in [0.25, 0.3) is 0 Å². The summed E-state index contributed by atoms with van der Waals surface area (Å²) in [5, 5.41) is 17.0. The number of amides is 2. The molecule has 0 saturated heterocycles. The third kappa shape index (κ3) is 13.1. The fourth-order valence-corrected chi connectivity index (χ4v) is 5.60. The van der Waals surface area contributed by atoms with E-state index in [0.29, 0.717) is 30.2 Å². The Morgan fingerprint density at radius 2 is 1.42 bits per heavy atom. The Balaban J connectivity index is 2.73. The number of ether oxygens (including phenoxy) is 2. The van der Waals surface area contributed by atoms with Crippen molar-refractivity contribution in [3.63, 3.8) is 0 Å². The fraction of sp³-hybridized carbons (Fsp3) is 0.704. The second kappa shape index (κ2) is 20.5. The van der Waals surface area contributed by atoms with Gasteiger partial charge in [-0.2, -0.15) is 23.5 Å². The summed E-state index contributed by atoms with van der Waals surface area (Å²) in [4.78, 5) is 25.7. The smallest absolute Gasteiger partial charge is 0.226 e. The summed E-state index contributed by atoms with van der Waals surface area (Å²) in [6.07, 6.45) is 5.26. The number of hydrogen-bond donors (Lipinski definition) is 3. The van der Waals surface area contributed by atoms with Crippen molar-refractivity contribution in [2.24, 2.45) is 5.92 Å². The number of methoxy groups -OCH3 is 2. The molecule has 0 aliphatic carbocycles. The average Bonchev–Trinajstić information content (AvgIpc) is 2.89.